The van der Waals surface area contributed by atoms with Crippen molar-refractivity contribution in [2.24, 2.45) is 5.92 Å². The third-order valence-corrected chi connectivity index (χ3v) is 5.90. The van der Waals surface area contributed by atoms with Gasteiger partial charge in [-0.2, -0.15) is 0 Å². The highest BCUT2D eigenvalue weighted by Crippen LogP contribution is 2.30. The van der Waals surface area contributed by atoms with E-state index in [0.717, 1.165) is 46.5 Å². The predicted octanol–water partition coefficient (Wildman–Crippen LogP) is 3.21. The standard InChI is InChI=1S/C20H25N5O2S/c1-13(2)21-18(26)15-5-4-10-24(11-15)20-23-25-12-17(22-19(25)28-20)14-6-8-16(27-3)9-7-14/h6-9,12-13,15H,4-5,10-11H2,1-3H3,(H,21,26). The summed E-state index contributed by atoms with van der Waals surface area (Å²) in [6.45, 7) is 5.62. The van der Waals surface area contributed by atoms with Crippen molar-refractivity contribution in [3.63, 3.8) is 0 Å². The first-order valence-corrected chi connectivity index (χ1v) is 10.4. The van der Waals surface area contributed by atoms with Crippen LogP contribution in [0.1, 0.15) is 26.7 Å². The highest BCUT2D eigenvalue weighted by atomic mass is 32.1. The van der Waals surface area contributed by atoms with Crippen LogP contribution in [-0.4, -0.2) is 46.7 Å². The molecule has 1 aliphatic heterocycles. The molecule has 7 nitrogen and oxygen atoms in total. The molecule has 1 amide bonds. The maximum absolute atomic E-state index is 12.4. The molecule has 1 N–H and O–H groups in total. The van der Waals surface area contributed by atoms with Crippen LogP contribution >= 0.6 is 11.3 Å². The number of carbonyl (C=O) groups is 1. The fraction of sp³-hybridized carbons (Fsp3) is 0.450. The zero-order valence-electron chi connectivity index (χ0n) is 16.4. The number of nitrogens with one attached hydrogen (secondary N) is 1. The second-order valence-corrected chi connectivity index (χ2v) is 8.35. The number of nitrogens with zero attached hydrogens (tertiary/aromatic N) is 4. The molecule has 1 aliphatic rings. The molecule has 4 rings (SSSR count). The molecule has 2 aromatic heterocycles. The minimum Gasteiger partial charge on any atom is -0.497 e. The number of rotatable bonds is 5. The van der Waals surface area contributed by atoms with Crippen molar-refractivity contribution in [1.29, 1.82) is 0 Å². The van der Waals surface area contributed by atoms with Gasteiger partial charge in [0.1, 0.15) is 5.75 Å². The molecule has 1 saturated heterocycles. The Morgan fingerprint density at radius 3 is 2.79 bits per heavy atom. The average molecular weight is 400 g/mol. The molecule has 3 aromatic rings. The molecule has 8 heteroatoms. The molecule has 0 spiro atoms. The predicted molar refractivity (Wildman–Crippen MR) is 111 cm³/mol. The smallest absolute Gasteiger partial charge is 0.225 e. The van der Waals surface area contributed by atoms with Crippen LogP contribution in [0.5, 0.6) is 5.75 Å². The van der Waals surface area contributed by atoms with Crippen LogP contribution in [0.25, 0.3) is 16.2 Å². The highest BCUT2D eigenvalue weighted by molar-refractivity contribution is 7.20. The molecule has 3 heterocycles. The largest absolute Gasteiger partial charge is 0.497 e. The van der Waals surface area contributed by atoms with Crippen LogP contribution < -0.4 is 15.0 Å². The Bertz CT molecular complexity index is 931. The van der Waals surface area contributed by atoms with E-state index < -0.39 is 0 Å². The maximum Gasteiger partial charge on any atom is 0.225 e. The molecule has 148 valence electrons. The van der Waals surface area contributed by atoms with Gasteiger partial charge in [0, 0.05) is 24.7 Å². The van der Waals surface area contributed by atoms with Gasteiger partial charge in [0.2, 0.25) is 16.0 Å². The van der Waals surface area contributed by atoms with E-state index >= 15 is 0 Å². The van der Waals surface area contributed by atoms with Gasteiger partial charge in [-0.05, 0) is 51.0 Å². The van der Waals surface area contributed by atoms with Crippen LogP contribution in [0, 0.1) is 5.92 Å². The molecule has 1 aromatic carbocycles. The van der Waals surface area contributed by atoms with Gasteiger partial charge in [-0.3, -0.25) is 4.79 Å². The maximum atomic E-state index is 12.4. The van der Waals surface area contributed by atoms with Gasteiger partial charge in [0.25, 0.3) is 0 Å². The van der Waals surface area contributed by atoms with Crippen LogP contribution in [0.4, 0.5) is 5.13 Å². The van der Waals surface area contributed by atoms with Crippen LogP contribution in [0.2, 0.25) is 0 Å². The molecule has 0 saturated carbocycles. The summed E-state index contributed by atoms with van der Waals surface area (Å²) in [5.74, 6) is 0.983. The molecule has 0 bridgehead atoms. The first-order valence-electron chi connectivity index (χ1n) is 9.59. The van der Waals surface area contributed by atoms with E-state index in [2.05, 4.69) is 10.2 Å². The van der Waals surface area contributed by atoms with Gasteiger partial charge in [-0.1, -0.05) is 11.3 Å². The zero-order valence-corrected chi connectivity index (χ0v) is 17.2. The van der Waals surface area contributed by atoms with E-state index in [0.29, 0.717) is 6.54 Å². The lowest BCUT2D eigenvalue weighted by molar-refractivity contribution is -0.125. The lowest BCUT2D eigenvalue weighted by atomic mass is 9.97. The summed E-state index contributed by atoms with van der Waals surface area (Å²) in [5.41, 5.74) is 1.92. The fourth-order valence-electron chi connectivity index (χ4n) is 3.49. The summed E-state index contributed by atoms with van der Waals surface area (Å²) in [6.07, 6.45) is 3.87. The van der Waals surface area contributed by atoms with Crippen molar-refractivity contribution in [3.8, 4) is 17.0 Å². The average Bonchev–Trinajstić information content (AvgIpc) is 3.27. The highest BCUT2D eigenvalue weighted by Gasteiger charge is 2.28. The SMILES string of the molecule is COc1ccc(-c2cn3nc(N4CCCC(C(=O)NC(C)C)C4)sc3n2)cc1. The number of piperidine rings is 1. The van der Waals surface area contributed by atoms with E-state index in [-0.39, 0.29) is 17.9 Å². The summed E-state index contributed by atoms with van der Waals surface area (Å²) in [6, 6.07) is 8.02. The normalized spacial score (nSPS) is 17.3. The van der Waals surface area contributed by atoms with E-state index in [9.17, 15) is 4.79 Å². The Kier molecular flexibility index (Phi) is 5.21. The van der Waals surface area contributed by atoms with Gasteiger partial charge < -0.3 is 15.0 Å². The first kappa shape index (κ1) is 18.7. The third kappa shape index (κ3) is 3.82. The van der Waals surface area contributed by atoms with Gasteiger partial charge in [0.15, 0.2) is 0 Å². The number of imidazole rings is 1. The van der Waals surface area contributed by atoms with E-state index in [4.69, 9.17) is 14.8 Å². The fourth-order valence-corrected chi connectivity index (χ4v) is 4.40. The number of anilines is 1. The Labute approximate surface area is 168 Å². The zero-order chi connectivity index (χ0) is 19.7. The Hall–Kier alpha value is -2.61. The molecule has 0 radical (unpaired) electrons. The number of methoxy groups -OCH3 is 1. The van der Waals surface area contributed by atoms with Gasteiger partial charge in [-0.15, -0.1) is 5.10 Å². The molecule has 1 fully saturated rings. The number of carbonyl (C=O) groups excluding carboxylic acids is 1. The lowest BCUT2D eigenvalue weighted by Crippen LogP contribution is -2.44. The molecule has 28 heavy (non-hydrogen) atoms. The summed E-state index contributed by atoms with van der Waals surface area (Å²) < 4.78 is 7.04. The second-order valence-electron chi connectivity index (χ2n) is 7.41. The number of aromatic nitrogens is 3. The van der Waals surface area contributed by atoms with Crippen molar-refractivity contribution < 1.29 is 9.53 Å². The molecular formula is C20H25N5O2S. The number of hydrogen-bond acceptors (Lipinski definition) is 6. The Morgan fingerprint density at radius 2 is 2.11 bits per heavy atom. The molecule has 1 unspecified atom stereocenters. The summed E-state index contributed by atoms with van der Waals surface area (Å²) in [5, 5.41) is 8.67. The van der Waals surface area contributed by atoms with Crippen LogP contribution in [0.15, 0.2) is 30.5 Å². The van der Waals surface area contributed by atoms with Gasteiger partial charge in [0.05, 0.1) is 24.9 Å². The number of benzene rings is 1. The Balaban J connectivity index is 1.50. The monoisotopic (exact) mass is 399 g/mol. The van der Waals surface area contributed by atoms with Crippen molar-refractivity contribution in [2.75, 3.05) is 25.1 Å². The minimum atomic E-state index is 0.0160. The second kappa shape index (κ2) is 7.79. The Morgan fingerprint density at radius 1 is 1.32 bits per heavy atom. The van der Waals surface area contributed by atoms with Crippen molar-refractivity contribution in [1.82, 2.24) is 19.9 Å². The molecule has 0 aliphatic carbocycles. The molecule has 1 atom stereocenters. The number of hydrogen-bond donors (Lipinski definition) is 1. The van der Waals surface area contributed by atoms with Crippen molar-refractivity contribution in [3.05, 3.63) is 30.5 Å². The van der Waals surface area contributed by atoms with Crippen molar-refractivity contribution in [2.45, 2.75) is 32.7 Å². The minimum absolute atomic E-state index is 0.0160. The van der Waals surface area contributed by atoms with Crippen LogP contribution in [0.3, 0.4) is 0 Å². The van der Waals surface area contributed by atoms with Gasteiger partial charge >= 0.3 is 0 Å². The number of fused-ring (bicyclic) bond motifs is 1. The van der Waals surface area contributed by atoms with E-state index in [1.165, 1.54) is 0 Å². The summed E-state index contributed by atoms with van der Waals surface area (Å²) in [7, 11) is 1.66. The number of ether oxygens (including phenoxy) is 1. The quantitative estimate of drug-likeness (QED) is 0.713. The topological polar surface area (TPSA) is 71.8 Å². The van der Waals surface area contributed by atoms with Crippen molar-refractivity contribution >= 4 is 27.3 Å². The first-order chi connectivity index (χ1) is 13.5. The third-order valence-electron chi connectivity index (χ3n) is 4.91. The summed E-state index contributed by atoms with van der Waals surface area (Å²) in [4.78, 5) is 20.2. The number of amides is 1. The van der Waals surface area contributed by atoms with Gasteiger partial charge in [-0.25, -0.2) is 9.50 Å². The van der Waals surface area contributed by atoms with E-state index in [1.54, 1.807) is 18.4 Å². The summed E-state index contributed by atoms with van der Waals surface area (Å²) >= 11 is 1.56. The molecular weight excluding hydrogens is 374 g/mol. The lowest BCUT2D eigenvalue weighted by Gasteiger charge is -2.31. The van der Waals surface area contributed by atoms with E-state index in [1.807, 2.05) is 48.8 Å². The van der Waals surface area contributed by atoms with Crippen LogP contribution in [-0.2, 0) is 4.79 Å².